The molecule has 1 saturated heterocycles. The molecule has 0 aliphatic carbocycles. The normalized spacial score (nSPS) is 14.4. The summed E-state index contributed by atoms with van der Waals surface area (Å²) in [5, 5.41) is 0. The second-order valence-corrected chi connectivity index (χ2v) is 8.13. The van der Waals surface area contributed by atoms with Crippen LogP contribution in [0.25, 0.3) is 11.0 Å². The summed E-state index contributed by atoms with van der Waals surface area (Å²) in [5.74, 6) is 2.14. The number of anilines is 1. The van der Waals surface area contributed by atoms with Gasteiger partial charge in [-0.05, 0) is 43.2 Å². The number of ether oxygens (including phenoxy) is 1. The molecule has 0 atom stereocenters. The van der Waals surface area contributed by atoms with Gasteiger partial charge in [0.05, 0.1) is 23.3 Å². The third-order valence-corrected chi connectivity index (χ3v) is 5.25. The van der Waals surface area contributed by atoms with E-state index in [1.165, 1.54) is 0 Å². The molecule has 4 rings (SSSR count). The molecule has 1 aliphatic rings. The van der Waals surface area contributed by atoms with E-state index in [2.05, 4.69) is 18.7 Å². The maximum absolute atomic E-state index is 13.0. The molecule has 30 heavy (non-hydrogen) atoms. The van der Waals surface area contributed by atoms with Crippen molar-refractivity contribution in [2.75, 3.05) is 37.7 Å². The van der Waals surface area contributed by atoms with Crippen molar-refractivity contribution in [1.82, 2.24) is 14.9 Å². The molecule has 156 valence electrons. The molecule has 2 aromatic carbocycles. The number of piperazine rings is 1. The third kappa shape index (κ3) is 4.37. The molecule has 3 aromatic rings. The van der Waals surface area contributed by atoms with Crippen LogP contribution in [0.1, 0.15) is 29.9 Å². The number of hydrogen-bond acceptors (Lipinski definition) is 5. The predicted octanol–water partition coefficient (Wildman–Crippen LogP) is 3.94. The Kier molecular flexibility index (Phi) is 5.84. The molecule has 0 N–H and O–H groups in total. The maximum Gasteiger partial charge on any atom is 0.254 e. The number of fused-ring (bicyclic) bond motifs is 1. The summed E-state index contributed by atoms with van der Waals surface area (Å²) >= 11 is 0. The standard InChI is InChI=1S/C24H28N4O2/c1-17(2)16-30-20-8-6-7-19(15-20)24(29)28-13-11-27(12-14-28)23-18(3)25-21-9-4-5-10-22(21)26-23/h4-10,15,17H,11-14,16H2,1-3H3. The quantitative estimate of drug-likeness (QED) is 0.645. The van der Waals surface area contributed by atoms with Gasteiger partial charge in [0.25, 0.3) is 5.91 Å². The summed E-state index contributed by atoms with van der Waals surface area (Å²) in [6, 6.07) is 15.4. The number of aromatic nitrogens is 2. The average molecular weight is 405 g/mol. The van der Waals surface area contributed by atoms with E-state index in [1.54, 1.807) is 0 Å². The van der Waals surface area contributed by atoms with Gasteiger partial charge >= 0.3 is 0 Å². The first kappa shape index (κ1) is 20.1. The van der Waals surface area contributed by atoms with Crippen molar-refractivity contribution in [2.45, 2.75) is 20.8 Å². The smallest absolute Gasteiger partial charge is 0.254 e. The van der Waals surface area contributed by atoms with Crippen LogP contribution in [0.5, 0.6) is 5.75 Å². The minimum absolute atomic E-state index is 0.0472. The van der Waals surface area contributed by atoms with Gasteiger partial charge in [0, 0.05) is 31.7 Å². The Morgan fingerprint density at radius 2 is 1.70 bits per heavy atom. The van der Waals surface area contributed by atoms with Crippen LogP contribution < -0.4 is 9.64 Å². The number of para-hydroxylation sites is 2. The van der Waals surface area contributed by atoms with Crippen LogP contribution in [0, 0.1) is 12.8 Å². The van der Waals surface area contributed by atoms with E-state index in [1.807, 2.05) is 60.4 Å². The highest BCUT2D eigenvalue weighted by atomic mass is 16.5. The van der Waals surface area contributed by atoms with E-state index in [9.17, 15) is 4.79 Å². The van der Waals surface area contributed by atoms with Crippen molar-refractivity contribution in [3.63, 3.8) is 0 Å². The van der Waals surface area contributed by atoms with Gasteiger partial charge in [-0.1, -0.05) is 32.0 Å². The molecule has 0 saturated carbocycles. The van der Waals surface area contributed by atoms with Gasteiger partial charge in [-0.2, -0.15) is 0 Å². The highest BCUT2D eigenvalue weighted by Gasteiger charge is 2.24. The molecule has 0 radical (unpaired) electrons. The zero-order valence-electron chi connectivity index (χ0n) is 17.8. The van der Waals surface area contributed by atoms with Gasteiger partial charge < -0.3 is 14.5 Å². The number of amides is 1. The van der Waals surface area contributed by atoms with Crippen molar-refractivity contribution < 1.29 is 9.53 Å². The summed E-state index contributed by atoms with van der Waals surface area (Å²) in [6.07, 6.45) is 0. The molecule has 0 spiro atoms. The van der Waals surface area contributed by atoms with E-state index in [0.29, 0.717) is 31.2 Å². The number of benzene rings is 2. The first-order valence-electron chi connectivity index (χ1n) is 10.5. The third-order valence-electron chi connectivity index (χ3n) is 5.25. The van der Waals surface area contributed by atoms with Crippen LogP contribution in [-0.2, 0) is 0 Å². The van der Waals surface area contributed by atoms with Crippen molar-refractivity contribution >= 4 is 22.8 Å². The van der Waals surface area contributed by atoms with E-state index < -0.39 is 0 Å². The summed E-state index contributed by atoms with van der Waals surface area (Å²) in [6.45, 7) is 9.64. The van der Waals surface area contributed by atoms with Crippen molar-refractivity contribution in [3.8, 4) is 5.75 Å². The lowest BCUT2D eigenvalue weighted by Crippen LogP contribution is -2.49. The topological polar surface area (TPSA) is 58.6 Å². The van der Waals surface area contributed by atoms with Crippen LogP contribution in [-0.4, -0.2) is 53.6 Å². The lowest BCUT2D eigenvalue weighted by molar-refractivity contribution is 0.0746. The van der Waals surface area contributed by atoms with Crippen LogP contribution in [0.2, 0.25) is 0 Å². The fourth-order valence-corrected chi connectivity index (χ4v) is 3.66. The average Bonchev–Trinajstić information content (AvgIpc) is 2.77. The number of aryl methyl sites for hydroxylation is 1. The first-order chi connectivity index (χ1) is 14.5. The molecule has 1 aliphatic heterocycles. The summed E-state index contributed by atoms with van der Waals surface area (Å²) in [4.78, 5) is 26.6. The van der Waals surface area contributed by atoms with Gasteiger partial charge in [0.2, 0.25) is 0 Å². The highest BCUT2D eigenvalue weighted by Crippen LogP contribution is 2.22. The largest absolute Gasteiger partial charge is 0.493 e. The molecule has 2 heterocycles. The van der Waals surface area contributed by atoms with Crippen LogP contribution >= 0.6 is 0 Å². The molecule has 0 unspecified atom stereocenters. The van der Waals surface area contributed by atoms with E-state index >= 15 is 0 Å². The Bertz CT molecular complexity index is 1040. The van der Waals surface area contributed by atoms with Crippen molar-refractivity contribution in [1.29, 1.82) is 0 Å². The molecular formula is C24H28N4O2. The Morgan fingerprint density at radius 3 is 2.40 bits per heavy atom. The molecule has 0 bridgehead atoms. The van der Waals surface area contributed by atoms with E-state index in [4.69, 9.17) is 14.7 Å². The minimum Gasteiger partial charge on any atom is -0.493 e. The van der Waals surface area contributed by atoms with Gasteiger partial charge in [-0.25, -0.2) is 9.97 Å². The van der Waals surface area contributed by atoms with Crippen LogP contribution in [0.15, 0.2) is 48.5 Å². The number of nitrogens with zero attached hydrogens (tertiary/aromatic N) is 4. The summed E-state index contributed by atoms with van der Waals surface area (Å²) in [5.41, 5.74) is 3.40. The second kappa shape index (κ2) is 8.69. The molecule has 6 nitrogen and oxygen atoms in total. The SMILES string of the molecule is Cc1nc2ccccc2nc1N1CCN(C(=O)c2cccc(OCC(C)C)c2)CC1. The Morgan fingerprint density at radius 1 is 1.00 bits per heavy atom. The van der Waals surface area contributed by atoms with E-state index in [0.717, 1.165) is 41.4 Å². The van der Waals surface area contributed by atoms with Crippen LogP contribution in [0.3, 0.4) is 0 Å². The highest BCUT2D eigenvalue weighted by molar-refractivity contribution is 5.94. The monoisotopic (exact) mass is 404 g/mol. The molecule has 1 aromatic heterocycles. The predicted molar refractivity (Wildman–Crippen MR) is 119 cm³/mol. The van der Waals surface area contributed by atoms with Crippen molar-refractivity contribution in [3.05, 3.63) is 59.8 Å². The van der Waals surface area contributed by atoms with Gasteiger partial charge in [-0.3, -0.25) is 4.79 Å². The van der Waals surface area contributed by atoms with E-state index in [-0.39, 0.29) is 5.91 Å². The van der Waals surface area contributed by atoms with Crippen LogP contribution in [0.4, 0.5) is 5.82 Å². The number of carbonyl (C=O) groups is 1. The Hall–Kier alpha value is -3.15. The maximum atomic E-state index is 13.0. The lowest BCUT2D eigenvalue weighted by Gasteiger charge is -2.36. The fraction of sp³-hybridized carbons (Fsp3) is 0.375. The first-order valence-corrected chi connectivity index (χ1v) is 10.5. The number of hydrogen-bond donors (Lipinski definition) is 0. The minimum atomic E-state index is 0.0472. The lowest BCUT2D eigenvalue weighted by atomic mass is 10.1. The fourth-order valence-electron chi connectivity index (χ4n) is 3.66. The number of carbonyl (C=O) groups excluding carboxylic acids is 1. The van der Waals surface area contributed by atoms with Crippen molar-refractivity contribution in [2.24, 2.45) is 5.92 Å². The summed E-state index contributed by atoms with van der Waals surface area (Å²) in [7, 11) is 0. The van der Waals surface area contributed by atoms with Gasteiger partial charge in [0.1, 0.15) is 5.75 Å². The molecule has 1 fully saturated rings. The zero-order valence-corrected chi connectivity index (χ0v) is 17.8. The second-order valence-electron chi connectivity index (χ2n) is 8.13. The number of rotatable bonds is 5. The Labute approximate surface area is 177 Å². The van der Waals surface area contributed by atoms with Gasteiger partial charge in [-0.15, -0.1) is 0 Å². The molecule has 1 amide bonds. The summed E-state index contributed by atoms with van der Waals surface area (Å²) < 4.78 is 5.77. The Balaban J connectivity index is 1.43. The zero-order chi connectivity index (χ0) is 21.1. The van der Waals surface area contributed by atoms with Gasteiger partial charge in [0.15, 0.2) is 5.82 Å². The molecular weight excluding hydrogens is 376 g/mol. The molecule has 6 heteroatoms.